The number of ether oxygens (including phenoxy) is 1. The molecule has 3 heteroatoms. The molecule has 0 amide bonds. The van der Waals surface area contributed by atoms with Crippen LogP contribution >= 0.6 is 0 Å². The molecule has 0 aliphatic carbocycles. The Balaban J connectivity index is 1.87. The third-order valence-corrected chi connectivity index (χ3v) is 3.79. The number of unbranched alkanes of at least 4 members (excludes halogenated alkanes) is 4. The van der Waals surface area contributed by atoms with Crippen LogP contribution in [-0.4, -0.2) is 18.2 Å². The van der Waals surface area contributed by atoms with Crippen molar-refractivity contribution in [1.82, 2.24) is 0 Å². The summed E-state index contributed by atoms with van der Waals surface area (Å²) in [5, 5.41) is 0. The smallest absolute Gasteiger partial charge is 0.180 e. The highest BCUT2D eigenvalue weighted by Crippen LogP contribution is 2.28. The molecule has 0 aromatic heterocycles. The quantitative estimate of drug-likeness (QED) is 0.561. The lowest BCUT2D eigenvalue weighted by Crippen LogP contribution is -2.34. The first-order chi connectivity index (χ1) is 9.74. The average molecular weight is 274 g/mol. The third kappa shape index (κ3) is 3.47. The molecule has 1 atom stereocenters. The Morgan fingerprint density at radius 2 is 1.95 bits per heavy atom. The molecule has 1 aliphatic heterocycles. The number of hydrogen-bond acceptors (Lipinski definition) is 3. The first-order valence-corrected chi connectivity index (χ1v) is 7.52. The van der Waals surface area contributed by atoms with E-state index in [9.17, 15) is 9.59 Å². The molecule has 0 fully saturated rings. The van der Waals surface area contributed by atoms with E-state index in [4.69, 9.17) is 4.74 Å². The van der Waals surface area contributed by atoms with Gasteiger partial charge in [0.05, 0.1) is 5.56 Å². The van der Waals surface area contributed by atoms with Gasteiger partial charge >= 0.3 is 0 Å². The molecule has 1 aliphatic rings. The molecule has 0 radical (unpaired) electrons. The van der Waals surface area contributed by atoms with Gasteiger partial charge in [0.2, 0.25) is 0 Å². The van der Waals surface area contributed by atoms with E-state index in [0.717, 1.165) is 12.8 Å². The molecule has 2 rings (SSSR count). The highest BCUT2D eigenvalue weighted by atomic mass is 16.5. The van der Waals surface area contributed by atoms with Crippen LogP contribution in [0.1, 0.15) is 55.8 Å². The number of rotatable bonds is 7. The fourth-order valence-corrected chi connectivity index (χ4v) is 2.55. The Kier molecular flexibility index (Phi) is 5.33. The summed E-state index contributed by atoms with van der Waals surface area (Å²) in [4.78, 5) is 24.4. The van der Waals surface area contributed by atoms with E-state index in [1.54, 1.807) is 18.2 Å². The van der Waals surface area contributed by atoms with E-state index in [2.05, 4.69) is 6.92 Å². The summed E-state index contributed by atoms with van der Waals surface area (Å²) in [6.45, 7) is 2.37. The predicted octanol–water partition coefficient (Wildman–Crippen LogP) is 3.81. The first kappa shape index (κ1) is 14.8. The van der Waals surface area contributed by atoms with E-state index in [1.807, 2.05) is 6.07 Å². The Labute approximate surface area is 120 Å². The highest BCUT2D eigenvalue weighted by molar-refractivity contribution is 6.12. The van der Waals surface area contributed by atoms with Crippen LogP contribution in [0.25, 0.3) is 0 Å². The van der Waals surface area contributed by atoms with Crippen LogP contribution in [0, 0.1) is 5.92 Å². The average Bonchev–Trinajstić information content (AvgIpc) is 2.47. The highest BCUT2D eigenvalue weighted by Gasteiger charge is 2.33. The number of carbonyl (C=O) groups excluding carboxylic acids is 2. The lowest BCUT2D eigenvalue weighted by molar-refractivity contribution is -0.122. The van der Waals surface area contributed by atoms with Gasteiger partial charge < -0.3 is 4.74 Å². The Hall–Kier alpha value is -1.64. The molecule has 0 spiro atoms. The van der Waals surface area contributed by atoms with Crippen LogP contribution in [-0.2, 0) is 4.79 Å². The van der Waals surface area contributed by atoms with Crippen molar-refractivity contribution < 1.29 is 14.3 Å². The SMILES string of the molecule is CCCCCCCC(=O)C1COc2ccccc2C1=O. The first-order valence-electron chi connectivity index (χ1n) is 7.52. The molecule has 0 bridgehead atoms. The predicted molar refractivity (Wildman–Crippen MR) is 78.1 cm³/mol. The molecule has 108 valence electrons. The zero-order chi connectivity index (χ0) is 14.4. The fourth-order valence-electron chi connectivity index (χ4n) is 2.55. The standard InChI is InChI=1S/C17H22O3/c1-2-3-4-5-6-10-15(18)14-12-20-16-11-8-7-9-13(16)17(14)19/h7-9,11,14H,2-6,10,12H2,1H3. The van der Waals surface area contributed by atoms with E-state index in [1.165, 1.54) is 19.3 Å². The molecule has 0 saturated heterocycles. The van der Waals surface area contributed by atoms with Gasteiger partial charge in [-0.25, -0.2) is 0 Å². The number of hydrogen-bond donors (Lipinski definition) is 0. The van der Waals surface area contributed by atoms with Gasteiger partial charge in [-0.2, -0.15) is 0 Å². The van der Waals surface area contributed by atoms with Crippen LogP contribution in [0.5, 0.6) is 5.75 Å². The van der Waals surface area contributed by atoms with Crippen molar-refractivity contribution in [2.75, 3.05) is 6.61 Å². The van der Waals surface area contributed by atoms with Crippen LogP contribution in [0.4, 0.5) is 0 Å². The lowest BCUT2D eigenvalue weighted by Gasteiger charge is -2.23. The molecule has 0 N–H and O–H groups in total. The molecule has 3 nitrogen and oxygen atoms in total. The van der Waals surface area contributed by atoms with Gasteiger partial charge in [-0.05, 0) is 18.6 Å². The summed E-state index contributed by atoms with van der Waals surface area (Å²) < 4.78 is 5.53. The zero-order valence-electron chi connectivity index (χ0n) is 12.1. The molecule has 1 unspecified atom stereocenters. The van der Waals surface area contributed by atoms with Crippen molar-refractivity contribution >= 4 is 11.6 Å². The number of benzene rings is 1. The van der Waals surface area contributed by atoms with Crippen molar-refractivity contribution in [3.63, 3.8) is 0 Å². The van der Waals surface area contributed by atoms with E-state index in [-0.39, 0.29) is 18.2 Å². The number of fused-ring (bicyclic) bond motifs is 1. The number of ketones is 2. The summed E-state index contributed by atoms with van der Waals surface area (Å²) in [7, 11) is 0. The second-order valence-corrected chi connectivity index (χ2v) is 5.35. The van der Waals surface area contributed by atoms with Crippen molar-refractivity contribution in [2.24, 2.45) is 5.92 Å². The molecule has 0 saturated carbocycles. The minimum absolute atomic E-state index is 0.0287. The molecule has 20 heavy (non-hydrogen) atoms. The Bertz CT molecular complexity index is 479. The lowest BCUT2D eigenvalue weighted by atomic mass is 9.89. The van der Waals surface area contributed by atoms with Crippen LogP contribution < -0.4 is 4.74 Å². The maximum absolute atomic E-state index is 12.3. The van der Waals surface area contributed by atoms with Crippen LogP contribution in [0.2, 0.25) is 0 Å². The topological polar surface area (TPSA) is 43.4 Å². The van der Waals surface area contributed by atoms with Gasteiger partial charge in [0.15, 0.2) is 5.78 Å². The maximum Gasteiger partial charge on any atom is 0.180 e. The zero-order valence-corrected chi connectivity index (χ0v) is 12.1. The number of carbonyl (C=O) groups is 2. The minimum Gasteiger partial charge on any atom is -0.492 e. The molecular weight excluding hydrogens is 252 g/mol. The summed E-state index contributed by atoms with van der Waals surface area (Å²) in [6, 6.07) is 7.15. The van der Waals surface area contributed by atoms with E-state index in [0.29, 0.717) is 17.7 Å². The van der Waals surface area contributed by atoms with Crippen molar-refractivity contribution in [1.29, 1.82) is 0 Å². The van der Waals surface area contributed by atoms with Crippen molar-refractivity contribution in [3.05, 3.63) is 29.8 Å². The fraction of sp³-hybridized carbons (Fsp3) is 0.529. The third-order valence-electron chi connectivity index (χ3n) is 3.79. The van der Waals surface area contributed by atoms with Gasteiger partial charge in [0.25, 0.3) is 0 Å². The van der Waals surface area contributed by atoms with E-state index < -0.39 is 5.92 Å². The van der Waals surface area contributed by atoms with Crippen molar-refractivity contribution in [3.8, 4) is 5.75 Å². The maximum atomic E-state index is 12.3. The Morgan fingerprint density at radius 3 is 2.75 bits per heavy atom. The Morgan fingerprint density at radius 1 is 1.20 bits per heavy atom. The summed E-state index contributed by atoms with van der Waals surface area (Å²) in [5.74, 6) is -0.0491. The van der Waals surface area contributed by atoms with Gasteiger partial charge in [-0.1, -0.05) is 44.7 Å². The molecule has 1 aromatic rings. The molecular formula is C17H22O3. The summed E-state index contributed by atoms with van der Waals surface area (Å²) >= 11 is 0. The van der Waals surface area contributed by atoms with Gasteiger partial charge in [0, 0.05) is 6.42 Å². The van der Waals surface area contributed by atoms with Crippen LogP contribution in [0.3, 0.4) is 0 Å². The van der Waals surface area contributed by atoms with Crippen molar-refractivity contribution in [2.45, 2.75) is 45.4 Å². The van der Waals surface area contributed by atoms with E-state index >= 15 is 0 Å². The van der Waals surface area contributed by atoms with Crippen LogP contribution in [0.15, 0.2) is 24.3 Å². The van der Waals surface area contributed by atoms with Gasteiger partial charge in [-0.15, -0.1) is 0 Å². The monoisotopic (exact) mass is 274 g/mol. The normalized spacial score (nSPS) is 17.4. The second kappa shape index (κ2) is 7.22. The number of Topliss-reactive ketones (excluding diaryl/α,β-unsaturated/α-hetero) is 2. The van der Waals surface area contributed by atoms with Gasteiger partial charge in [-0.3, -0.25) is 9.59 Å². The minimum atomic E-state index is -0.601. The second-order valence-electron chi connectivity index (χ2n) is 5.35. The molecule has 1 aromatic carbocycles. The number of para-hydroxylation sites is 1. The molecule has 1 heterocycles. The largest absolute Gasteiger partial charge is 0.492 e. The summed E-state index contributed by atoms with van der Waals surface area (Å²) in [5.41, 5.74) is 0.545. The summed E-state index contributed by atoms with van der Waals surface area (Å²) in [6.07, 6.45) is 6.02. The van der Waals surface area contributed by atoms with Gasteiger partial charge in [0.1, 0.15) is 24.1 Å².